The maximum absolute atomic E-state index is 12.6. The molecule has 4 rings (SSSR count). The average Bonchev–Trinajstić information content (AvgIpc) is 3.33. The minimum atomic E-state index is 0.00856. The summed E-state index contributed by atoms with van der Waals surface area (Å²) in [5.41, 5.74) is 2.78. The third-order valence-electron chi connectivity index (χ3n) is 5.40. The van der Waals surface area contributed by atoms with E-state index in [2.05, 4.69) is 32.5 Å². The molecule has 0 saturated carbocycles. The predicted octanol–water partition coefficient (Wildman–Crippen LogP) is 2.41. The number of rotatable bonds is 6. The van der Waals surface area contributed by atoms with Crippen molar-refractivity contribution in [2.45, 2.75) is 20.3 Å². The van der Waals surface area contributed by atoms with Crippen LogP contribution >= 0.6 is 11.3 Å². The predicted molar refractivity (Wildman–Crippen MR) is 115 cm³/mol. The van der Waals surface area contributed by atoms with Gasteiger partial charge in [-0.15, -0.1) is 16.4 Å². The van der Waals surface area contributed by atoms with Gasteiger partial charge in [-0.1, -0.05) is 6.07 Å². The van der Waals surface area contributed by atoms with Crippen LogP contribution in [0.5, 0.6) is 5.88 Å². The van der Waals surface area contributed by atoms with Gasteiger partial charge in [-0.3, -0.25) is 9.69 Å². The molecule has 0 spiro atoms. The van der Waals surface area contributed by atoms with Crippen molar-refractivity contribution >= 4 is 28.3 Å². The van der Waals surface area contributed by atoms with E-state index in [9.17, 15) is 4.79 Å². The average molecular weight is 414 g/mol. The number of piperazine rings is 1. The standard InChI is InChI=1S/C21H27N5O2S/c1-15-13-16(2)22-20-19(15)21(23-24(20)3)28-14-18(27)26-10-8-25(9-11-26)7-6-17-5-4-12-29-17/h4-5,12-13H,6-11,14H2,1-3H3. The van der Waals surface area contributed by atoms with Gasteiger partial charge in [0.25, 0.3) is 5.91 Å². The summed E-state index contributed by atoms with van der Waals surface area (Å²) in [5.74, 6) is 0.495. The summed E-state index contributed by atoms with van der Waals surface area (Å²) < 4.78 is 7.53. The van der Waals surface area contributed by atoms with Crippen LogP contribution in [-0.2, 0) is 18.3 Å². The number of ether oxygens (including phenoxy) is 1. The summed E-state index contributed by atoms with van der Waals surface area (Å²) in [6.07, 6.45) is 1.08. The molecule has 1 aliphatic heterocycles. The fourth-order valence-corrected chi connectivity index (χ4v) is 4.51. The topological polar surface area (TPSA) is 63.5 Å². The number of aromatic nitrogens is 3. The van der Waals surface area contributed by atoms with E-state index in [1.807, 2.05) is 31.9 Å². The van der Waals surface area contributed by atoms with Crippen molar-refractivity contribution in [2.24, 2.45) is 7.05 Å². The fraction of sp³-hybridized carbons (Fsp3) is 0.476. The van der Waals surface area contributed by atoms with Crippen LogP contribution in [0.4, 0.5) is 0 Å². The second-order valence-electron chi connectivity index (χ2n) is 7.55. The summed E-state index contributed by atoms with van der Waals surface area (Å²) in [5, 5.41) is 7.42. The minimum absolute atomic E-state index is 0.00856. The Hall–Kier alpha value is -2.45. The molecule has 29 heavy (non-hydrogen) atoms. The maximum atomic E-state index is 12.6. The van der Waals surface area contributed by atoms with Gasteiger partial charge in [0.05, 0.1) is 5.39 Å². The molecule has 1 saturated heterocycles. The Bertz CT molecular complexity index is 990. The van der Waals surface area contributed by atoms with E-state index in [1.54, 1.807) is 16.0 Å². The third kappa shape index (κ3) is 4.43. The number of nitrogens with zero attached hydrogens (tertiary/aromatic N) is 5. The molecule has 0 radical (unpaired) electrons. The van der Waals surface area contributed by atoms with Crippen molar-refractivity contribution in [1.29, 1.82) is 0 Å². The number of amides is 1. The lowest BCUT2D eigenvalue weighted by Gasteiger charge is -2.34. The largest absolute Gasteiger partial charge is 0.466 e. The van der Waals surface area contributed by atoms with Gasteiger partial charge in [-0.25, -0.2) is 9.67 Å². The summed E-state index contributed by atoms with van der Waals surface area (Å²) in [4.78, 5) is 22.9. The monoisotopic (exact) mass is 413 g/mol. The molecule has 8 heteroatoms. The summed E-state index contributed by atoms with van der Waals surface area (Å²) in [6.45, 7) is 8.34. The molecule has 0 unspecified atom stereocenters. The lowest BCUT2D eigenvalue weighted by molar-refractivity contribution is -0.135. The van der Waals surface area contributed by atoms with Crippen molar-refractivity contribution in [3.8, 4) is 5.88 Å². The van der Waals surface area contributed by atoms with Crippen molar-refractivity contribution in [3.63, 3.8) is 0 Å². The molecule has 0 atom stereocenters. The summed E-state index contributed by atoms with van der Waals surface area (Å²) in [6, 6.07) is 6.29. The number of aryl methyl sites for hydroxylation is 3. The second-order valence-corrected chi connectivity index (χ2v) is 8.58. The molecule has 7 nitrogen and oxygen atoms in total. The van der Waals surface area contributed by atoms with Crippen LogP contribution in [0, 0.1) is 13.8 Å². The highest BCUT2D eigenvalue weighted by molar-refractivity contribution is 7.09. The lowest BCUT2D eigenvalue weighted by atomic mass is 10.2. The number of thiophene rings is 1. The first-order chi connectivity index (χ1) is 14.0. The van der Waals surface area contributed by atoms with Crippen molar-refractivity contribution in [2.75, 3.05) is 39.3 Å². The van der Waals surface area contributed by atoms with E-state index >= 15 is 0 Å². The van der Waals surface area contributed by atoms with Gasteiger partial charge in [0.1, 0.15) is 0 Å². The van der Waals surface area contributed by atoms with Crippen molar-refractivity contribution in [1.82, 2.24) is 24.6 Å². The van der Waals surface area contributed by atoms with Gasteiger partial charge in [0.15, 0.2) is 12.3 Å². The number of fused-ring (bicyclic) bond motifs is 1. The van der Waals surface area contributed by atoms with Gasteiger partial charge in [0.2, 0.25) is 5.88 Å². The highest BCUT2D eigenvalue weighted by Crippen LogP contribution is 2.27. The van der Waals surface area contributed by atoms with Crippen LogP contribution in [0.2, 0.25) is 0 Å². The highest BCUT2D eigenvalue weighted by Gasteiger charge is 2.22. The molecule has 1 aliphatic rings. The van der Waals surface area contributed by atoms with Crippen molar-refractivity contribution < 1.29 is 9.53 Å². The molecule has 154 valence electrons. The van der Waals surface area contributed by atoms with Gasteiger partial charge < -0.3 is 9.64 Å². The number of carbonyl (C=O) groups is 1. The quantitative estimate of drug-likeness (QED) is 0.621. The molecule has 3 aromatic heterocycles. The van der Waals surface area contributed by atoms with Gasteiger partial charge in [0, 0.05) is 50.3 Å². The normalized spacial score (nSPS) is 15.2. The Morgan fingerprint density at radius 3 is 2.76 bits per heavy atom. The second kappa shape index (κ2) is 8.51. The first-order valence-corrected chi connectivity index (χ1v) is 10.9. The molecule has 1 fully saturated rings. The van der Waals surface area contributed by atoms with Crippen LogP contribution in [0.3, 0.4) is 0 Å². The maximum Gasteiger partial charge on any atom is 0.260 e. The van der Waals surface area contributed by atoms with Crippen LogP contribution in [-0.4, -0.2) is 69.8 Å². The Kier molecular flexibility index (Phi) is 5.82. The van der Waals surface area contributed by atoms with E-state index in [-0.39, 0.29) is 12.5 Å². The molecule has 0 aromatic carbocycles. The van der Waals surface area contributed by atoms with Gasteiger partial charge in [-0.05, 0) is 43.3 Å². The van der Waals surface area contributed by atoms with Crippen LogP contribution in [0.1, 0.15) is 16.1 Å². The molecule has 4 heterocycles. The van der Waals surface area contributed by atoms with E-state index in [0.717, 1.165) is 61.4 Å². The zero-order valence-corrected chi connectivity index (χ0v) is 18.0. The third-order valence-corrected chi connectivity index (χ3v) is 6.33. The first kappa shape index (κ1) is 19.8. The molecular formula is C21H27N5O2S. The highest BCUT2D eigenvalue weighted by atomic mass is 32.1. The minimum Gasteiger partial charge on any atom is -0.466 e. The van der Waals surface area contributed by atoms with E-state index < -0.39 is 0 Å². The van der Waals surface area contributed by atoms with Gasteiger partial charge >= 0.3 is 0 Å². The van der Waals surface area contributed by atoms with E-state index in [0.29, 0.717) is 5.88 Å². The Morgan fingerprint density at radius 2 is 2.03 bits per heavy atom. The molecule has 1 amide bonds. The fourth-order valence-electron chi connectivity index (χ4n) is 3.82. The molecule has 0 aliphatic carbocycles. The van der Waals surface area contributed by atoms with E-state index in [4.69, 9.17) is 4.74 Å². The Labute approximate surface area is 174 Å². The summed E-state index contributed by atoms with van der Waals surface area (Å²) >= 11 is 1.81. The number of pyridine rings is 1. The molecular weight excluding hydrogens is 386 g/mol. The first-order valence-electron chi connectivity index (χ1n) is 9.97. The van der Waals surface area contributed by atoms with Gasteiger partial charge in [-0.2, -0.15) is 0 Å². The number of hydrogen-bond acceptors (Lipinski definition) is 6. The zero-order valence-electron chi connectivity index (χ0n) is 17.2. The van der Waals surface area contributed by atoms with Crippen molar-refractivity contribution in [3.05, 3.63) is 39.7 Å². The van der Waals surface area contributed by atoms with Crippen LogP contribution in [0.25, 0.3) is 11.0 Å². The molecule has 0 N–H and O–H groups in total. The lowest BCUT2D eigenvalue weighted by Crippen LogP contribution is -2.50. The number of carbonyl (C=O) groups excluding carboxylic acids is 1. The Morgan fingerprint density at radius 1 is 1.24 bits per heavy atom. The zero-order chi connectivity index (χ0) is 20.4. The molecule has 0 bridgehead atoms. The number of hydrogen-bond donors (Lipinski definition) is 0. The van der Waals surface area contributed by atoms with Crippen LogP contribution < -0.4 is 4.74 Å². The Balaban J connectivity index is 1.30. The summed E-state index contributed by atoms with van der Waals surface area (Å²) in [7, 11) is 1.85. The van der Waals surface area contributed by atoms with Crippen LogP contribution in [0.15, 0.2) is 23.6 Å². The SMILES string of the molecule is Cc1cc(C)c2c(OCC(=O)N3CCN(CCc4cccs4)CC3)nn(C)c2n1. The van der Waals surface area contributed by atoms with E-state index in [1.165, 1.54) is 4.88 Å². The smallest absolute Gasteiger partial charge is 0.260 e. The molecule has 3 aromatic rings.